The minimum atomic E-state index is -2.72. The van der Waals surface area contributed by atoms with E-state index in [1.54, 1.807) is 6.07 Å². The maximum Gasteiger partial charge on any atom is 0.265 e. The number of pyridine rings is 1. The van der Waals surface area contributed by atoms with Crippen LogP contribution < -0.4 is 5.73 Å². The van der Waals surface area contributed by atoms with E-state index >= 15 is 0 Å². The fourth-order valence-corrected chi connectivity index (χ4v) is 1.55. The molecule has 1 rings (SSSR count). The smallest absolute Gasteiger partial charge is 0.265 e. The number of halogens is 3. The molecule has 0 unspecified atom stereocenters. The predicted molar refractivity (Wildman–Crippen MR) is 49.5 cm³/mol. The van der Waals surface area contributed by atoms with E-state index < -0.39 is 6.43 Å². The maximum absolute atomic E-state index is 12.6. The fourth-order valence-electron chi connectivity index (χ4n) is 1.07. The van der Waals surface area contributed by atoms with Crippen molar-refractivity contribution >= 4 is 15.9 Å². The van der Waals surface area contributed by atoms with Gasteiger partial charge in [0.25, 0.3) is 6.43 Å². The summed E-state index contributed by atoms with van der Waals surface area (Å²) in [4.78, 5) is 3.74. The van der Waals surface area contributed by atoms with Crippen molar-refractivity contribution in [2.45, 2.75) is 13.0 Å². The summed E-state index contributed by atoms with van der Waals surface area (Å²) in [5.74, 6) is 0. The first kappa shape index (κ1) is 11.0. The van der Waals surface area contributed by atoms with Gasteiger partial charge in [0.2, 0.25) is 0 Å². The van der Waals surface area contributed by atoms with E-state index in [0.717, 1.165) is 6.20 Å². The lowest BCUT2D eigenvalue weighted by Gasteiger charge is -2.09. The minimum absolute atomic E-state index is 0.0806. The van der Waals surface area contributed by atoms with Crippen LogP contribution in [0.1, 0.15) is 23.1 Å². The van der Waals surface area contributed by atoms with Gasteiger partial charge in [0, 0.05) is 23.9 Å². The molecule has 2 N–H and O–H groups in total. The molecule has 0 bridgehead atoms. The van der Waals surface area contributed by atoms with Gasteiger partial charge in [-0.1, -0.05) is 0 Å². The zero-order valence-corrected chi connectivity index (χ0v) is 8.55. The Balaban J connectivity index is 3.46. The number of hydrogen-bond acceptors (Lipinski definition) is 3. The number of aromatic nitrogens is 1. The van der Waals surface area contributed by atoms with Crippen LogP contribution in [-0.2, 0) is 6.54 Å². The first-order valence-electron chi connectivity index (χ1n) is 3.67. The van der Waals surface area contributed by atoms with Crippen LogP contribution in [0.4, 0.5) is 8.78 Å². The molecule has 0 spiro atoms. The average Bonchev–Trinajstić information content (AvgIpc) is 2.17. The Bertz CT molecular complexity index is 387. The second-order valence-corrected chi connectivity index (χ2v) is 3.22. The maximum atomic E-state index is 12.6. The van der Waals surface area contributed by atoms with Crippen molar-refractivity contribution in [1.29, 1.82) is 5.26 Å². The van der Waals surface area contributed by atoms with Gasteiger partial charge in [0.1, 0.15) is 10.7 Å². The number of rotatable bonds is 2. The molecule has 0 saturated heterocycles. The van der Waals surface area contributed by atoms with Gasteiger partial charge in [-0.05, 0) is 15.9 Å². The number of nitriles is 1. The Morgan fingerprint density at radius 1 is 1.64 bits per heavy atom. The molecule has 1 aromatic rings. The third kappa shape index (κ3) is 1.89. The Morgan fingerprint density at radius 2 is 2.29 bits per heavy atom. The molecular formula is C8H6BrF2N3. The molecule has 0 aliphatic heterocycles. The molecule has 14 heavy (non-hydrogen) atoms. The van der Waals surface area contributed by atoms with Crippen LogP contribution in [0, 0.1) is 11.3 Å². The van der Waals surface area contributed by atoms with E-state index in [0.29, 0.717) is 0 Å². The molecule has 0 atom stereocenters. The summed E-state index contributed by atoms with van der Waals surface area (Å²) in [6.07, 6.45) is -1.62. The zero-order valence-electron chi connectivity index (χ0n) is 6.97. The summed E-state index contributed by atoms with van der Waals surface area (Å²) in [7, 11) is 0. The third-order valence-corrected chi connectivity index (χ3v) is 2.40. The Morgan fingerprint density at radius 3 is 2.71 bits per heavy atom. The molecular weight excluding hydrogens is 256 g/mol. The number of alkyl halides is 2. The predicted octanol–water partition coefficient (Wildman–Crippen LogP) is 2.11. The zero-order chi connectivity index (χ0) is 10.7. The number of nitrogens with zero attached hydrogens (tertiary/aromatic N) is 2. The molecule has 3 nitrogen and oxygen atoms in total. The van der Waals surface area contributed by atoms with E-state index in [4.69, 9.17) is 11.0 Å². The van der Waals surface area contributed by atoms with E-state index in [2.05, 4.69) is 20.9 Å². The van der Waals surface area contributed by atoms with Gasteiger partial charge in [-0.3, -0.25) is 0 Å². The molecule has 0 amide bonds. The monoisotopic (exact) mass is 261 g/mol. The number of nitrogens with two attached hydrogens (primary N) is 1. The normalized spacial score (nSPS) is 10.3. The molecule has 0 aliphatic rings. The van der Waals surface area contributed by atoms with Crippen molar-refractivity contribution in [2.24, 2.45) is 5.73 Å². The van der Waals surface area contributed by atoms with Crippen molar-refractivity contribution in [3.05, 3.63) is 27.5 Å². The average molecular weight is 262 g/mol. The number of hydrogen-bond donors (Lipinski definition) is 1. The van der Waals surface area contributed by atoms with Gasteiger partial charge in [-0.25, -0.2) is 13.8 Å². The first-order chi connectivity index (χ1) is 6.61. The van der Waals surface area contributed by atoms with Gasteiger partial charge >= 0.3 is 0 Å². The third-order valence-electron chi connectivity index (χ3n) is 1.71. The molecule has 0 saturated carbocycles. The van der Waals surface area contributed by atoms with Crippen molar-refractivity contribution in [3.8, 4) is 6.07 Å². The van der Waals surface area contributed by atoms with Crippen LogP contribution in [0.3, 0.4) is 0 Å². The fraction of sp³-hybridized carbons (Fsp3) is 0.250. The first-order valence-corrected chi connectivity index (χ1v) is 4.46. The lowest BCUT2D eigenvalue weighted by molar-refractivity contribution is 0.149. The van der Waals surface area contributed by atoms with Crippen LogP contribution in [0.15, 0.2) is 10.8 Å². The molecule has 6 heteroatoms. The molecule has 0 radical (unpaired) electrons. The second-order valence-electron chi connectivity index (χ2n) is 2.47. The second kappa shape index (κ2) is 4.44. The minimum Gasteiger partial charge on any atom is -0.326 e. The molecule has 74 valence electrons. The summed E-state index contributed by atoms with van der Waals surface area (Å²) in [6.45, 7) is -0.0806. The molecule has 1 heterocycles. The van der Waals surface area contributed by atoms with Gasteiger partial charge in [-0.15, -0.1) is 0 Å². The molecule has 0 aromatic carbocycles. The Kier molecular flexibility index (Phi) is 3.49. The SMILES string of the molecule is N#Cc1cnc(Br)c(CN)c1C(F)F. The summed E-state index contributed by atoms with van der Waals surface area (Å²) < 4.78 is 25.4. The van der Waals surface area contributed by atoms with Gasteiger partial charge in [0.05, 0.1) is 5.56 Å². The lowest BCUT2D eigenvalue weighted by atomic mass is 10.1. The standard InChI is InChI=1S/C8H6BrF2N3/c9-7-5(2-13)6(8(10)11)4(1-12)3-14-7/h3,8H,2,13H2. The highest BCUT2D eigenvalue weighted by Crippen LogP contribution is 2.29. The van der Waals surface area contributed by atoms with Gasteiger partial charge in [0.15, 0.2) is 0 Å². The molecule has 0 aliphatic carbocycles. The largest absolute Gasteiger partial charge is 0.326 e. The highest BCUT2D eigenvalue weighted by molar-refractivity contribution is 9.10. The molecule has 0 fully saturated rings. The van der Waals surface area contributed by atoms with Crippen LogP contribution in [0.5, 0.6) is 0 Å². The van der Waals surface area contributed by atoms with E-state index in [1.807, 2.05) is 0 Å². The van der Waals surface area contributed by atoms with Crippen LogP contribution in [-0.4, -0.2) is 4.98 Å². The van der Waals surface area contributed by atoms with Crippen molar-refractivity contribution in [1.82, 2.24) is 4.98 Å². The summed E-state index contributed by atoms with van der Waals surface area (Å²) in [6, 6.07) is 1.66. The van der Waals surface area contributed by atoms with Gasteiger partial charge < -0.3 is 5.73 Å². The molecule has 1 aromatic heterocycles. The summed E-state index contributed by atoms with van der Waals surface area (Å²) in [5.41, 5.74) is 5.01. The van der Waals surface area contributed by atoms with Crippen LogP contribution in [0.2, 0.25) is 0 Å². The topological polar surface area (TPSA) is 62.7 Å². The van der Waals surface area contributed by atoms with E-state index in [-0.39, 0.29) is 27.8 Å². The van der Waals surface area contributed by atoms with E-state index in [1.165, 1.54) is 0 Å². The Hall–Kier alpha value is -1.06. The highest BCUT2D eigenvalue weighted by atomic mass is 79.9. The summed E-state index contributed by atoms with van der Waals surface area (Å²) in [5, 5.41) is 8.60. The van der Waals surface area contributed by atoms with Crippen LogP contribution in [0.25, 0.3) is 0 Å². The van der Waals surface area contributed by atoms with Crippen molar-refractivity contribution in [2.75, 3.05) is 0 Å². The van der Waals surface area contributed by atoms with Crippen LogP contribution >= 0.6 is 15.9 Å². The van der Waals surface area contributed by atoms with Crippen molar-refractivity contribution < 1.29 is 8.78 Å². The quantitative estimate of drug-likeness (QED) is 0.830. The van der Waals surface area contributed by atoms with E-state index in [9.17, 15) is 8.78 Å². The highest BCUT2D eigenvalue weighted by Gasteiger charge is 2.20. The Labute approximate surface area is 87.7 Å². The lowest BCUT2D eigenvalue weighted by Crippen LogP contribution is -2.07. The summed E-state index contributed by atoms with van der Waals surface area (Å²) >= 11 is 3.01. The van der Waals surface area contributed by atoms with Gasteiger partial charge in [-0.2, -0.15) is 5.26 Å². The van der Waals surface area contributed by atoms with Crippen molar-refractivity contribution in [3.63, 3.8) is 0 Å².